The maximum Gasteiger partial charge on any atom is 0.118 e. The Labute approximate surface area is 277 Å². The Bertz CT molecular complexity index is 2200. The van der Waals surface area contributed by atoms with E-state index in [-0.39, 0.29) is 10.6 Å². The van der Waals surface area contributed by atoms with Crippen LogP contribution < -0.4 is 15.2 Å². The van der Waals surface area contributed by atoms with Crippen LogP contribution >= 0.6 is 0 Å². The van der Waals surface area contributed by atoms with Crippen LogP contribution in [0.5, 0.6) is 11.5 Å². The number of ether oxygens (including phenoxy) is 2. The predicted octanol–water partition coefficient (Wildman–Crippen LogP) is 5.47. The van der Waals surface area contributed by atoms with Crippen LogP contribution in [0.25, 0.3) is 0 Å². The molecule has 2 aromatic carbocycles. The largest absolute Gasteiger partial charge is 0.497 e. The third-order valence-electron chi connectivity index (χ3n) is 5.26. The first-order valence-corrected chi connectivity index (χ1v) is 10.8. The van der Waals surface area contributed by atoms with Crippen LogP contribution in [0.1, 0.15) is 133 Å². The summed E-state index contributed by atoms with van der Waals surface area (Å²) in [4.78, 5) is -0.349. The number of methoxy groups -OCH3 is 2. The molecule has 0 amide bonds. The maximum atomic E-state index is 11.9. The van der Waals surface area contributed by atoms with Gasteiger partial charge in [-0.2, -0.15) is 0 Å². The third-order valence-corrected chi connectivity index (χ3v) is 5.26. The third kappa shape index (κ3) is 7.95. The normalized spacial score (nSPS) is 49.6. The summed E-state index contributed by atoms with van der Waals surface area (Å²) in [5.74, 6) is -7.19. The van der Waals surface area contributed by atoms with Gasteiger partial charge in [0.05, 0.1) is 33.5 Å². The molecule has 2 aromatic rings. The van der Waals surface area contributed by atoms with Crippen molar-refractivity contribution in [3.8, 4) is 11.5 Å². The highest BCUT2D eigenvalue weighted by Gasteiger charge is 2.39. The highest BCUT2D eigenvalue weighted by molar-refractivity contribution is 5.32. The lowest BCUT2D eigenvalue weighted by atomic mass is 9.72. The number of hydrogen-bond acceptors (Lipinski definition) is 6. The van der Waals surface area contributed by atoms with Crippen molar-refractivity contribution in [2.75, 3.05) is 41.1 Å². The van der Waals surface area contributed by atoms with Crippen molar-refractivity contribution in [3.63, 3.8) is 0 Å². The van der Waals surface area contributed by atoms with Gasteiger partial charge < -0.3 is 30.3 Å². The number of rotatable bonds is 9. The zero-order valence-corrected chi connectivity index (χ0v) is 19.8. The fraction of sp³-hybridized carbons (Fsp3) is 0.625. The molecule has 0 radical (unpaired) electrons. The lowest BCUT2D eigenvalue weighted by Gasteiger charge is -2.40. The first-order chi connectivity index (χ1) is 31.3. The minimum absolute atomic E-state index is 0.211. The first kappa shape index (κ1) is 8.45. The van der Waals surface area contributed by atoms with Gasteiger partial charge in [0.2, 0.25) is 0 Å². The maximum absolute atomic E-state index is 11.9. The summed E-state index contributed by atoms with van der Waals surface area (Å²) in [6.07, 6.45) is -39.8. The summed E-state index contributed by atoms with van der Waals surface area (Å²) in [6.45, 7) is -10.0. The van der Waals surface area contributed by atoms with Crippen LogP contribution in [0.15, 0.2) is 48.5 Å². The van der Waals surface area contributed by atoms with E-state index in [1.54, 1.807) is 0 Å². The molecule has 38 heavy (non-hydrogen) atoms. The van der Waals surface area contributed by atoms with E-state index in [0.29, 0.717) is 0 Å². The lowest BCUT2D eigenvalue weighted by molar-refractivity contribution is -0.0277. The van der Waals surface area contributed by atoms with Crippen LogP contribution in [0.4, 0.5) is 0 Å². The molecule has 2 saturated carbocycles. The molecule has 6 heteroatoms. The van der Waals surface area contributed by atoms with E-state index in [4.69, 9.17) is 51.0 Å². The molecule has 2 aliphatic rings. The Balaban J connectivity index is 0.000000390. The van der Waals surface area contributed by atoms with Crippen molar-refractivity contribution >= 4 is 0 Å². The number of nitrogens with zero attached hydrogens (tertiary/aromatic N) is 1. The van der Waals surface area contributed by atoms with Crippen molar-refractivity contribution in [2.45, 2.75) is 86.7 Å². The van der Waals surface area contributed by atoms with Gasteiger partial charge in [0.1, 0.15) is 11.5 Å². The molecule has 2 atom stereocenters. The molecule has 0 saturated heterocycles. The molecule has 4 N–H and O–H groups in total. The summed E-state index contributed by atoms with van der Waals surface area (Å²) in [6, 6.07) is 7.17. The molecule has 0 bridgehead atoms. The Hall–Kier alpha value is -2.12. The number of nitrogens with two attached hydrogens (primary N) is 1. The molecule has 6 nitrogen and oxygen atoms in total. The van der Waals surface area contributed by atoms with E-state index in [1.807, 2.05) is 0 Å². The average molecular weight is 561 g/mol. The Morgan fingerprint density at radius 3 is 1.61 bits per heavy atom. The van der Waals surface area contributed by atoms with Crippen LogP contribution in [0.2, 0.25) is 0 Å². The van der Waals surface area contributed by atoms with Crippen molar-refractivity contribution in [2.24, 2.45) is 5.73 Å². The minimum atomic E-state index is -4.35. The fourth-order valence-electron chi connectivity index (χ4n) is 3.41. The molecule has 212 valence electrons. The van der Waals surface area contributed by atoms with Gasteiger partial charge in [-0.25, -0.2) is 0 Å². The molecular formula is C32H50N2O4. The summed E-state index contributed by atoms with van der Waals surface area (Å²) < 4.78 is 280. The molecule has 0 aliphatic heterocycles. The summed E-state index contributed by atoms with van der Waals surface area (Å²) in [7, 11) is -5.80. The molecule has 0 aromatic heterocycles. The van der Waals surface area contributed by atoms with Gasteiger partial charge in [-0.05, 0) is 74.8 Å². The summed E-state index contributed by atoms with van der Waals surface area (Å²) in [5.41, 5.74) is -3.77. The van der Waals surface area contributed by atoms with Crippen LogP contribution in [0.3, 0.4) is 0 Å². The van der Waals surface area contributed by atoms with Crippen molar-refractivity contribution in [1.82, 2.24) is 4.90 Å². The summed E-state index contributed by atoms with van der Waals surface area (Å²) >= 11 is 0. The number of benzene rings is 2. The van der Waals surface area contributed by atoms with Crippen LogP contribution in [-0.4, -0.2) is 67.4 Å². The lowest BCUT2D eigenvalue weighted by Crippen LogP contribution is -2.42. The van der Waals surface area contributed by atoms with E-state index >= 15 is 0 Å². The standard InChI is InChI=1S/C17H27NO2.C15H23NO2/c1-18(2)13-16(17(19)11-5-4-6-12-17)14-7-9-15(20-3)10-8-14;1-18-13-7-5-12(6-8-13)14(11-16)15(17)9-3-2-4-10-15/h7-10,16,19H,4-6,11-13H2,1-3H3;5-8,14,17H,2-4,9-11,16H2,1H3/i1D3,2D3,3D3,4D2,5D2,6D2,11D2,12D2,16D;1D3,2D2,3D2,4D2,9D2,10D2,14D. The number of hydrogen-bond donors (Lipinski definition) is 3. The minimum Gasteiger partial charge on any atom is -0.497 e. The Morgan fingerprint density at radius 2 is 1.21 bits per heavy atom. The molecule has 4 rings (SSSR count). The van der Waals surface area contributed by atoms with Gasteiger partial charge in [0.15, 0.2) is 0 Å². The van der Waals surface area contributed by atoms with Gasteiger partial charge in [0, 0.05) is 63.3 Å². The smallest absolute Gasteiger partial charge is 0.118 e. The van der Waals surface area contributed by atoms with E-state index in [1.165, 1.54) is 0 Å². The predicted molar refractivity (Wildman–Crippen MR) is 155 cm³/mol. The molecule has 2 fully saturated rings. The summed E-state index contributed by atoms with van der Waals surface area (Å²) in [5, 5.41) is 23.4. The number of likely N-dealkylation sites (N-methyl/N-ethyl adjacent to an activating group) is 1. The van der Waals surface area contributed by atoms with E-state index in [0.717, 1.165) is 48.5 Å². The Morgan fingerprint density at radius 1 is 0.789 bits per heavy atom. The zero-order chi connectivity index (χ0) is 57.4. The van der Waals surface area contributed by atoms with Crippen molar-refractivity contribution < 1.29 is 66.3 Å². The first-order valence-electron chi connectivity index (χ1n) is 27.8. The second kappa shape index (κ2) is 14.3. The molecular weight excluding hydrogens is 476 g/mol. The monoisotopic (exact) mass is 561 g/mol. The second-order valence-electron chi connectivity index (χ2n) is 7.67. The molecule has 2 aliphatic carbocycles. The van der Waals surface area contributed by atoms with Gasteiger partial charge in [-0.15, -0.1) is 0 Å². The van der Waals surface area contributed by atoms with Crippen molar-refractivity contribution in [1.29, 1.82) is 0 Å². The van der Waals surface area contributed by atoms with E-state index in [9.17, 15) is 11.6 Å². The van der Waals surface area contributed by atoms with Crippen molar-refractivity contribution in [3.05, 3.63) is 59.7 Å². The highest BCUT2D eigenvalue weighted by Crippen LogP contribution is 2.41. The van der Waals surface area contributed by atoms with Gasteiger partial charge >= 0.3 is 0 Å². The molecule has 0 spiro atoms. The van der Waals surface area contributed by atoms with Gasteiger partial charge in [0.25, 0.3) is 0 Å². The van der Waals surface area contributed by atoms with E-state index < -0.39 is 145 Å². The number of aliphatic hydroxyl groups is 2. The highest BCUT2D eigenvalue weighted by atomic mass is 16.5. The zero-order valence-electron chi connectivity index (χ0n) is 53.8. The second-order valence-corrected chi connectivity index (χ2v) is 7.67. The van der Waals surface area contributed by atoms with Gasteiger partial charge in [-0.3, -0.25) is 0 Å². The van der Waals surface area contributed by atoms with Gasteiger partial charge in [-0.1, -0.05) is 62.5 Å². The SMILES string of the molecule is [2H]C([2H])([2H])Oc1ccc(C([2H])(CN(C([2H])([2H])[2H])C([2H])([2H])[2H])C2(O)C([2H])([2H])C([2H])([2H])C([2H])([2H])C([2H])([2H])C2([2H])[2H])cc1.[2H]C([2H])([2H])Oc1ccc(C([2H])(CN)C2(O)C([2H])([2H])C([2H])([2H])C([2H])([2H])C([2H])([2H])C2([2H])[2H])cc1. The van der Waals surface area contributed by atoms with Crippen LogP contribution in [0, 0.1) is 0 Å². The molecule has 2 unspecified atom stereocenters. The quantitative estimate of drug-likeness (QED) is 0.377. The molecule has 0 heterocycles. The van der Waals surface area contributed by atoms with E-state index in [2.05, 4.69) is 9.47 Å². The van der Waals surface area contributed by atoms with Crippen LogP contribution in [-0.2, 0) is 0 Å². The topological polar surface area (TPSA) is 88.2 Å². The fourth-order valence-corrected chi connectivity index (χ4v) is 3.41. The average Bonchev–Trinajstić information content (AvgIpc) is 3.18. The Kier molecular flexibility index (Phi) is 3.18.